The highest BCUT2D eigenvalue weighted by Gasteiger charge is 2.19. The van der Waals surface area contributed by atoms with E-state index in [4.69, 9.17) is 9.97 Å². The molecule has 0 aliphatic rings. The van der Waals surface area contributed by atoms with Crippen LogP contribution in [0.15, 0.2) is 146 Å². The van der Waals surface area contributed by atoms with Gasteiger partial charge in [0, 0.05) is 17.4 Å². The summed E-state index contributed by atoms with van der Waals surface area (Å²) < 4.78 is 2.25. The molecule has 0 amide bonds. The summed E-state index contributed by atoms with van der Waals surface area (Å²) in [4.78, 5) is 9.54. The van der Waals surface area contributed by atoms with Gasteiger partial charge in [-0.05, 0) is 87.1 Å². The van der Waals surface area contributed by atoms with Crippen LogP contribution in [0.4, 0.5) is 0 Å². The fourth-order valence-electron chi connectivity index (χ4n) is 6.45. The van der Waals surface area contributed by atoms with E-state index in [1.165, 1.54) is 43.8 Å². The van der Waals surface area contributed by atoms with Crippen LogP contribution in [-0.4, -0.2) is 14.5 Å². The van der Waals surface area contributed by atoms with Gasteiger partial charge in [-0.15, -0.1) is 0 Å². The molecule has 0 radical (unpaired) electrons. The maximum atomic E-state index is 4.83. The normalized spacial score (nSPS) is 11.5. The average molecular weight is 538 g/mol. The van der Waals surface area contributed by atoms with Gasteiger partial charge in [0.1, 0.15) is 5.82 Å². The van der Waals surface area contributed by atoms with Crippen LogP contribution in [0.5, 0.6) is 0 Å². The molecule has 0 aliphatic carbocycles. The van der Waals surface area contributed by atoms with Crippen molar-refractivity contribution in [2.24, 2.45) is 0 Å². The Labute approximate surface area is 244 Å². The third-order valence-corrected chi connectivity index (χ3v) is 8.19. The number of hydrogen-bond donors (Lipinski definition) is 0. The highest BCUT2D eigenvalue weighted by molar-refractivity contribution is 6.22. The Bertz CT molecular complexity index is 2200. The Balaban J connectivity index is 1.43. The molecule has 6 aromatic carbocycles. The first-order valence-corrected chi connectivity index (χ1v) is 14.3. The zero-order valence-corrected chi connectivity index (χ0v) is 23.2. The van der Waals surface area contributed by atoms with E-state index in [2.05, 4.69) is 139 Å². The van der Waals surface area contributed by atoms with Crippen molar-refractivity contribution in [2.45, 2.75) is 6.92 Å². The summed E-state index contributed by atoms with van der Waals surface area (Å²) in [6.07, 6.45) is 1.86. The van der Waals surface area contributed by atoms with Crippen molar-refractivity contribution in [1.82, 2.24) is 14.5 Å². The molecule has 3 nitrogen and oxygen atoms in total. The molecule has 8 rings (SSSR count). The number of hydrogen-bond acceptors (Lipinski definition) is 2. The predicted molar refractivity (Wildman–Crippen MR) is 175 cm³/mol. The molecule has 2 aromatic heterocycles. The molecule has 0 aliphatic heterocycles. The summed E-state index contributed by atoms with van der Waals surface area (Å²) in [5, 5.41) is 4.91. The second-order valence-corrected chi connectivity index (χ2v) is 10.6. The van der Waals surface area contributed by atoms with E-state index in [0.29, 0.717) is 0 Å². The third-order valence-electron chi connectivity index (χ3n) is 8.19. The molecule has 3 heteroatoms. The van der Waals surface area contributed by atoms with Crippen molar-refractivity contribution in [3.05, 3.63) is 152 Å². The van der Waals surface area contributed by atoms with Gasteiger partial charge in [-0.25, -0.2) is 4.98 Å². The number of nitrogens with zero attached hydrogens (tertiary/aromatic N) is 3. The molecular weight excluding hydrogens is 510 g/mol. The average Bonchev–Trinajstić information content (AvgIpc) is 3.39. The van der Waals surface area contributed by atoms with Crippen molar-refractivity contribution in [3.8, 4) is 39.2 Å². The van der Waals surface area contributed by atoms with Crippen molar-refractivity contribution < 1.29 is 0 Å². The van der Waals surface area contributed by atoms with E-state index in [1.807, 2.05) is 18.3 Å². The van der Waals surface area contributed by atoms with Crippen LogP contribution in [0.1, 0.15) is 5.82 Å². The second-order valence-electron chi connectivity index (χ2n) is 10.6. The fraction of sp³-hybridized carbons (Fsp3) is 0.0256. The lowest BCUT2D eigenvalue weighted by Gasteiger charge is -2.20. The number of aryl methyl sites for hydroxylation is 1. The van der Waals surface area contributed by atoms with E-state index in [1.54, 1.807) is 0 Å². The van der Waals surface area contributed by atoms with Crippen LogP contribution < -0.4 is 0 Å². The summed E-state index contributed by atoms with van der Waals surface area (Å²) in [5.74, 6) is 0.976. The van der Waals surface area contributed by atoms with Crippen molar-refractivity contribution in [2.75, 3.05) is 0 Å². The summed E-state index contributed by atoms with van der Waals surface area (Å²) in [6.45, 7) is 2.07. The number of fused-ring (bicyclic) bond motifs is 3. The number of benzene rings is 6. The summed E-state index contributed by atoms with van der Waals surface area (Å²) in [6, 6.07) is 49.5. The molecule has 0 saturated carbocycles. The molecule has 0 spiro atoms. The van der Waals surface area contributed by atoms with Gasteiger partial charge < -0.3 is 0 Å². The van der Waals surface area contributed by atoms with Gasteiger partial charge in [0.05, 0.1) is 16.7 Å². The highest BCUT2D eigenvalue weighted by atomic mass is 15.1. The monoisotopic (exact) mass is 537 g/mol. The van der Waals surface area contributed by atoms with Crippen LogP contribution in [0.25, 0.3) is 71.8 Å². The number of aromatic nitrogens is 3. The molecule has 0 N–H and O–H groups in total. The molecule has 8 aromatic rings. The van der Waals surface area contributed by atoms with E-state index in [0.717, 1.165) is 33.8 Å². The van der Waals surface area contributed by atoms with Crippen LogP contribution in [-0.2, 0) is 0 Å². The molecule has 0 unspecified atom stereocenters. The Morgan fingerprint density at radius 1 is 0.524 bits per heavy atom. The first-order valence-electron chi connectivity index (χ1n) is 14.3. The van der Waals surface area contributed by atoms with Gasteiger partial charge in [-0.3, -0.25) is 9.55 Å². The standard InChI is InChI=1S/C39H27N3/c1-26-41-36-22-8-9-23-37(36)42(26)28-14-12-13-27(25-28)38-31-17-4-6-19-33(31)39(34-20-7-5-18-32(34)38)30-16-3-2-15-29(30)35-21-10-11-24-40-35/h2-25H,1H3. The molecule has 0 bridgehead atoms. The van der Waals surface area contributed by atoms with Gasteiger partial charge in [0.2, 0.25) is 0 Å². The number of imidazole rings is 1. The molecule has 42 heavy (non-hydrogen) atoms. The summed E-state index contributed by atoms with van der Waals surface area (Å²) in [7, 11) is 0. The second kappa shape index (κ2) is 9.83. The SMILES string of the molecule is Cc1nc2ccccc2n1-c1cccc(-c2c3ccccc3c(-c3ccccc3-c3ccccn3)c3ccccc23)c1. The Kier molecular flexibility index (Phi) is 5.68. The molecular formula is C39H27N3. The minimum Gasteiger partial charge on any atom is -0.297 e. The summed E-state index contributed by atoms with van der Waals surface area (Å²) >= 11 is 0. The zero-order chi connectivity index (χ0) is 28.0. The Hall–Kier alpha value is -5.54. The van der Waals surface area contributed by atoms with E-state index in [9.17, 15) is 0 Å². The summed E-state index contributed by atoms with van der Waals surface area (Å²) in [5.41, 5.74) is 10.2. The van der Waals surface area contributed by atoms with E-state index in [-0.39, 0.29) is 0 Å². The number of rotatable bonds is 4. The number of para-hydroxylation sites is 2. The van der Waals surface area contributed by atoms with Gasteiger partial charge in [-0.2, -0.15) is 0 Å². The quantitative estimate of drug-likeness (QED) is 0.209. The minimum atomic E-state index is 0.973. The van der Waals surface area contributed by atoms with Crippen LogP contribution in [0.3, 0.4) is 0 Å². The minimum absolute atomic E-state index is 0.973. The zero-order valence-electron chi connectivity index (χ0n) is 23.2. The van der Waals surface area contributed by atoms with Crippen molar-refractivity contribution >= 4 is 32.6 Å². The van der Waals surface area contributed by atoms with E-state index < -0.39 is 0 Å². The van der Waals surface area contributed by atoms with Crippen molar-refractivity contribution in [1.29, 1.82) is 0 Å². The highest BCUT2D eigenvalue weighted by Crippen LogP contribution is 2.46. The van der Waals surface area contributed by atoms with Crippen molar-refractivity contribution in [3.63, 3.8) is 0 Å². The topological polar surface area (TPSA) is 30.7 Å². The molecule has 198 valence electrons. The third kappa shape index (κ3) is 3.82. The first-order chi connectivity index (χ1) is 20.8. The van der Waals surface area contributed by atoms with Gasteiger partial charge in [0.25, 0.3) is 0 Å². The molecule has 0 atom stereocenters. The predicted octanol–water partition coefficient (Wildman–Crippen LogP) is 10.0. The Morgan fingerprint density at radius 3 is 1.86 bits per heavy atom. The maximum absolute atomic E-state index is 4.83. The van der Waals surface area contributed by atoms with Gasteiger partial charge in [0.15, 0.2) is 0 Å². The smallest absolute Gasteiger partial charge is 0.111 e. The van der Waals surface area contributed by atoms with E-state index >= 15 is 0 Å². The lowest BCUT2D eigenvalue weighted by molar-refractivity contribution is 1.00. The fourth-order valence-corrected chi connectivity index (χ4v) is 6.45. The number of pyridine rings is 1. The Morgan fingerprint density at radius 2 is 1.14 bits per heavy atom. The van der Waals surface area contributed by atoms with Gasteiger partial charge >= 0.3 is 0 Å². The lowest BCUT2D eigenvalue weighted by atomic mass is 9.84. The molecule has 0 fully saturated rings. The maximum Gasteiger partial charge on any atom is 0.111 e. The molecule has 2 heterocycles. The van der Waals surface area contributed by atoms with Crippen LogP contribution >= 0.6 is 0 Å². The largest absolute Gasteiger partial charge is 0.297 e. The van der Waals surface area contributed by atoms with Crippen LogP contribution in [0, 0.1) is 6.92 Å². The first kappa shape index (κ1) is 24.3. The van der Waals surface area contributed by atoms with Gasteiger partial charge in [-0.1, -0.05) is 103 Å². The molecule has 0 saturated heterocycles. The lowest BCUT2D eigenvalue weighted by Crippen LogP contribution is -1.98. The van der Waals surface area contributed by atoms with Crippen LogP contribution in [0.2, 0.25) is 0 Å².